The zero-order chi connectivity index (χ0) is 13.2. The molecule has 18 heavy (non-hydrogen) atoms. The fourth-order valence-corrected chi connectivity index (χ4v) is 1.49. The van der Waals surface area contributed by atoms with Crippen LogP contribution in [0.15, 0.2) is 30.5 Å². The lowest BCUT2D eigenvalue weighted by Gasteiger charge is -2.19. The molecule has 0 unspecified atom stereocenters. The van der Waals surface area contributed by atoms with Crippen LogP contribution in [0.4, 0.5) is 4.79 Å². The Morgan fingerprint density at radius 3 is 2.78 bits per heavy atom. The van der Waals surface area contributed by atoms with E-state index < -0.39 is 11.7 Å². The summed E-state index contributed by atoms with van der Waals surface area (Å²) in [5.41, 5.74) is 2.71. The van der Waals surface area contributed by atoms with Crippen molar-refractivity contribution in [2.75, 3.05) is 0 Å². The van der Waals surface area contributed by atoms with Crippen molar-refractivity contribution >= 4 is 17.0 Å². The van der Waals surface area contributed by atoms with Crippen molar-refractivity contribution in [1.82, 2.24) is 10.5 Å². The number of amides is 1. The van der Waals surface area contributed by atoms with E-state index in [1.54, 1.807) is 26.8 Å². The summed E-state index contributed by atoms with van der Waals surface area (Å²) in [6, 6.07) is 7.39. The lowest BCUT2D eigenvalue weighted by molar-refractivity contribution is 0.0288. The summed E-state index contributed by atoms with van der Waals surface area (Å²) in [6.07, 6.45) is 1.23. The van der Waals surface area contributed by atoms with Crippen molar-refractivity contribution in [3.63, 3.8) is 0 Å². The minimum atomic E-state index is -0.614. The van der Waals surface area contributed by atoms with E-state index in [1.165, 1.54) is 0 Å². The average molecular weight is 248 g/mol. The van der Waals surface area contributed by atoms with Crippen LogP contribution >= 0.6 is 0 Å². The highest BCUT2D eigenvalue weighted by molar-refractivity contribution is 5.80. The zero-order valence-corrected chi connectivity index (χ0v) is 10.6. The molecule has 5 heteroatoms. The summed E-state index contributed by atoms with van der Waals surface area (Å²) in [5.74, 6) is 0.549. The van der Waals surface area contributed by atoms with Gasteiger partial charge in [0.1, 0.15) is 5.60 Å². The molecule has 2 N–H and O–H groups in total. The molecule has 2 aromatic rings. The molecular formula is C13H16N2O3. The summed E-state index contributed by atoms with van der Waals surface area (Å²) in [7, 11) is 0. The summed E-state index contributed by atoms with van der Waals surface area (Å²) in [6.45, 7) is 5.37. The zero-order valence-electron chi connectivity index (χ0n) is 10.6. The first-order chi connectivity index (χ1) is 8.44. The topological polar surface area (TPSA) is 63.4 Å². The third-order valence-corrected chi connectivity index (χ3v) is 2.18. The molecule has 0 aliphatic rings. The van der Waals surface area contributed by atoms with Crippen LogP contribution in [-0.4, -0.2) is 16.7 Å². The van der Waals surface area contributed by atoms with Crippen LogP contribution in [0, 0.1) is 0 Å². The quantitative estimate of drug-likeness (QED) is 0.803. The third-order valence-electron chi connectivity index (χ3n) is 2.18. The number of hydroxylamine groups is 1. The number of carbonyl (C=O) groups excluding carboxylic acids is 1. The molecule has 1 amide bonds. The molecule has 0 saturated carbocycles. The lowest BCUT2D eigenvalue weighted by atomic mass is 10.2. The van der Waals surface area contributed by atoms with Crippen LogP contribution in [0.1, 0.15) is 20.8 Å². The van der Waals surface area contributed by atoms with E-state index in [2.05, 4.69) is 10.5 Å². The van der Waals surface area contributed by atoms with E-state index in [0.29, 0.717) is 5.75 Å². The predicted octanol–water partition coefficient (Wildman–Crippen LogP) is 2.99. The van der Waals surface area contributed by atoms with Gasteiger partial charge in [-0.1, -0.05) is 0 Å². The molecule has 0 fully saturated rings. The molecule has 0 spiro atoms. The van der Waals surface area contributed by atoms with Gasteiger partial charge in [-0.05, 0) is 45.0 Å². The number of nitrogens with one attached hydrogen (secondary N) is 2. The number of ether oxygens (including phenoxy) is 1. The highest BCUT2D eigenvalue weighted by Crippen LogP contribution is 2.19. The number of aromatic amines is 1. The number of fused-ring (bicyclic) bond motifs is 1. The molecule has 1 heterocycles. The van der Waals surface area contributed by atoms with Gasteiger partial charge >= 0.3 is 6.09 Å². The molecule has 0 atom stereocenters. The van der Waals surface area contributed by atoms with E-state index in [4.69, 9.17) is 9.57 Å². The Morgan fingerprint density at radius 2 is 2.06 bits per heavy atom. The Bertz CT molecular complexity index is 555. The van der Waals surface area contributed by atoms with Crippen molar-refractivity contribution in [1.29, 1.82) is 0 Å². The smallest absolute Gasteiger partial charge is 0.441 e. The Labute approximate surface area is 105 Å². The Morgan fingerprint density at radius 1 is 1.28 bits per heavy atom. The Kier molecular flexibility index (Phi) is 3.14. The van der Waals surface area contributed by atoms with Crippen LogP contribution in [0.3, 0.4) is 0 Å². The molecule has 1 aromatic carbocycles. The van der Waals surface area contributed by atoms with Crippen molar-refractivity contribution < 1.29 is 14.4 Å². The number of aromatic nitrogens is 1. The summed E-state index contributed by atoms with van der Waals surface area (Å²) in [4.78, 5) is 19.6. The number of benzene rings is 1. The summed E-state index contributed by atoms with van der Waals surface area (Å²) < 4.78 is 5.05. The molecule has 1 aromatic heterocycles. The molecule has 0 aliphatic heterocycles. The SMILES string of the molecule is CC(C)(C)OC(=O)NOc1ccc2[nH]ccc2c1. The van der Waals surface area contributed by atoms with Gasteiger partial charge in [0.15, 0.2) is 5.75 Å². The second-order valence-electron chi connectivity index (χ2n) is 4.93. The maximum Gasteiger partial charge on any atom is 0.441 e. The number of hydrogen-bond acceptors (Lipinski definition) is 3. The molecular weight excluding hydrogens is 232 g/mol. The Hall–Kier alpha value is -2.17. The van der Waals surface area contributed by atoms with Gasteiger partial charge in [0.05, 0.1) is 0 Å². The fraction of sp³-hybridized carbons (Fsp3) is 0.308. The van der Waals surface area contributed by atoms with Gasteiger partial charge < -0.3 is 14.6 Å². The summed E-state index contributed by atoms with van der Waals surface area (Å²) in [5, 5.41) is 1.01. The maximum atomic E-state index is 11.4. The van der Waals surface area contributed by atoms with Gasteiger partial charge in [-0.3, -0.25) is 0 Å². The molecule has 0 radical (unpaired) electrons. The van der Waals surface area contributed by atoms with Gasteiger partial charge in [0.25, 0.3) is 0 Å². The van der Waals surface area contributed by atoms with Crippen LogP contribution in [0.5, 0.6) is 5.75 Å². The first-order valence-corrected chi connectivity index (χ1v) is 5.67. The molecule has 0 bridgehead atoms. The number of H-pyrrole nitrogens is 1. The van der Waals surface area contributed by atoms with E-state index >= 15 is 0 Å². The van der Waals surface area contributed by atoms with Gasteiger partial charge in [0.2, 0.25) is 0 Å². The van der Waals surface area contributed by atoms with Gasteiger partial charge in [0, 0.05) is 17.1 Å². The maximum absolute atomic E-state index is 11.4. The standard InChI is InChI=1S/C13H16N2O3/c1-13(2,3)17-12(16)15-18-10-4-5-11-9(8-10)6-7-14-11/h4-8,14H,1-3H3,(H,15,16). The first-order valence-electron chi connectivity index (χ1n) is 5.67. The van der Waals surface area contributed by atoms with Crippen LogP contribution in [0.25, 0.3) is 10.9 Å². The molecule has 2 rings (SSSR count). The number of rotatable bonds is 2. The van der Waals surface area contributed by atoms with Crippen molar-refractivity contribution in [3.05, 3.63) is 30.5 Å². The normalized spacial score (nSPS) is 11.3. The van der Waals surface area contributed by atoms with Crippen molar-refractivity contribution in [2.24, 2.45) is 0 Å². The Balaban J connectivity index is 1.95. The minimum Gasteiger partial charge on any atom is -0.442 e. The molecule has 0 saturated heterocycles. The molecule has 96 valence electrons. The fourth-order valence-electron chi connectivity index (χ4n) is 1.49. The van der Waals surface area contributed by atoms with Gasteiger partial charge in [-0.15, -0.1) is 0 Å². The number of carbonyl (C=O) groups is 1. The van der Waals surface area contributed by atoms with E-state index in [9.17, 15) is 4.79 Å². The second-order valence-corrected chi connectivity index (χ2v) is 4.93. The molecule has 0 aliphatic carbocycles. The van der Waals surface area contributed by atoms with Crippen molar-refractivity contribution in [2.45, 2.75) is 26.4 Å². The minimum absolute atomic E-state index is 0.544. The highest BCUT2D eigenvalue weighted by atomic mass is 16.7. The van der Waals surface area contributed by atoms with E-state index in [0.717, 1.165) is 10.9 Å². The van der Waals surface area contributed by atoms with Crippen molar-refractivity contribution in [3.8, 4) is 5.75 Å². The summed E-state index contributed by atoms with van der Waals surface area (Å²) >= 11 is 0. The van der Waals surface area contributed by atoms with Crippen LogP contribution in [-0.2, 0) is 4.74 Å². The number of hydrogen-bond donors (Lipinski definition) is 2. The lowest BCUT2D eigenvalue weighted by Crippen LogP contribution is -2.34. The van der Waals surface area contributed by atoms with Gasteiger partial charge in [-0.2, -0.15) is 5.48 Å². The predicted molar refractivity (Wildman–Crippen MR) is 68.3 cm³/mol. The largest absolute Gasteiger partial charge is 0.442 e. The van der Waals surface area contributed by atoms with E-state index in [1.807, 2.05) is 24.4 Å². The van der Waals surface area contributed by atoms with Gasteiger partial charge in [-0.25, -0.2) is 4.79 Å². The monoisotopic (exact) mass is 248 g/mol. The third kappa shape index (κ3) is 3.16. The average Bonchev–Trinajstić information content (AvgIpc) is 2.71. The second kappa shape index (κ2) is 4.60. The van der Waals surface area contributed by atoms with E-state index in [-0.39, 0.29) is 0 Å². The van der Waals surface area contributed by atoms with Crippen LogP contribution in [0.2, 0.25) is 0 Å². The molecule has 5 nitrogen and oxygen atoms in total. The highest BCUT2D eigenvalue weighted by Gasteiger charge is 2.16. The van der Waals surface area contributed by atoms with Crippen LogP contribution < -0.4 is 10.3 Å². The first kappa shape index (κ1) is 12.3.